The first-order valence-corrected chi connectivity index (χ1v) is 8.53. The number of pyridine rings is 1. The van der Waals surface area contributed by atoms with Crippen LogP contribution in [0.3, 0.4) is 0 Å². The van der Waals surface area contributed by atoms with Crippen LogP contribution in [0.4, 0.5) is 5.82 Å². The van der Waals surface area contributed by atoms with Gasteiger partial charge < -0.3 is 5.32 Å². The summed E-state index contributed by atoms with van der Waals surface area (Å²) in [4.78, 5) is 29.3. The number of hydrogen-bond donors (Lipinski definition) is 1. The van der Waals surface area contributed by atoms with Crippen molar-refractivity contribution < 1.29 is 4.79 Å². The van der Waals surface area contributed by atoms with Crippen molar-refractivity contribution in [3.8, 4) is 0 Å². The number of amides is 1. The van der Waals surface area contributed by atoms with Crippen LogP contribution in [0.2, 0.25) is 5.02 Å². The van der Waals surface area contributed by atoms with E-state index < -0.39 is 11.5 Å². The molecular weight excluding hydrogens is 366 g/mol. The summed E-state index contributed by atoms with van der Waals surface area (Å²) in [5.74, 6) is -0.0592. The third-order valence-corrected chi connectivity index (χ3v) is 4.31. The topological polar surface area (TPSA) is 81.3 Å². The van der Waals surface area contributed by atoms with E-state index in [2.05, 4.69) is 15.4 Å². The molecule has 1 aromatic carbocycles. The lowest BCUT2D eigenvalue weighted by Crippen LogP contribution is -2.27. The molecule has 4 rings (SSSR count). The van der Waals surface area contributed by atoms with Crippen molar-refractivity contribution in [2.24, 2.45) is 0 Å². The second kappa shape index (κ2) is 7.05. The Morgan fingerprint density at radius 2 is 1.93 bits per heavy atom. The van der Waals surface area contributed by atoms with Crippen molar-refractivity contribution in [1.82, 2.24) is 19.2 Å². The summed E-state index contributed by atoms with van der Waals surface area (Å²) in [6.45, 7) is 0.453. The van der Waals surface area contributed by atoms with Crippen molar-refractivity contribution in [2.75, 3.05) is 5.32 Å². The maximum atomic E-state index is 12.6. The summed E-state index contributed by atoms with van der Waals surface area (Å²) in [6.07, 6.45) is 4.44. The molecule has 8 heteroatoms. The Labute approximate surface area is 158 Å². The van der Waals surface area contributed by atoms with Gasteiger partial charge in [-0.25, -0.2) is 9.67 Å². The molecule has 0 aliphatic heterocycles. The molecule has 134 valence electrons. The minimum atomic E-state index is -0.538. The molecule has 4 aromatic rings. The Balaban J connectivity index is 1.59. The third kappa shape index (κ3) is 3.45. The number of halogens is 1. The van der Waals surface area contributed by atoms with Gasteiger partial charge in [0.15, 0.2) is 0 Å². The highest BCUT2D eigenvalue weighted by atomic mass is 35.5. The molecular formula is C19H14ClN5O2. The zero-order chi connectivity index (χ0) is 18.8. The van der Waals surface area contributed by atoms with Gasteiger partial charge in [-0.3, -0.25) is 14.0 Å². The van der Waals surface area contributed by atoms with Gasteiger partial charge in [-0.1, -0.05) is 29.8 Å². The average molecular weight is 380 g/mol. The Kier molecular flexibility index (Phi) is 4.43. The van der Waals surface area contributed by atoms with Crippen molar-refractivity contribution >= 4 is 29.0 Å². The van der Waals surface area contributed by atoms with Gasteiger partial charge in [0.25, 0.3) is 11.5 Å². The van der Waals surface area contributed by atoms with Crippen LogP contribution in [-0.4, -0.2) is 25.1 Å². The lowest BCUT2D eigenvalue weighted by atomic mass is 10.2. The van der Waals surface area contributed by atoms with Crippen LogP contribution in [0.25, 0.3) is 5.65 Å². The van der Waals surface area contributed by atoms with Crippen LogP contribution in [0.15, 0.2) is 71.9 Å². The monoisotopic (exact) mass is 379 g/mol. The van der Waals surface area contributed by atoms with Crippen LogP contribution in [0, 0.1) is 0 Å². The SMILES string of the molecule is O=C(Nc1ccnn1Cc1ccc(Cl)cc1)c1cnc2ccccn2c1=O. The molecule has 0 aliphatic rings. The molecule has 0 saturated carbocycles. The highest BCUT2D eigenvalue weighted by molar-refractivity contribution is 6.30. The summed E-state index contributed by atoms with van der Waals surface area (Å²) in [5, 5.41) is 7.60. The van der Waals surface area contributed by atoms with E-state index in [9.17, 15) is 9.59 Å². The maximum Gasteiger partial charge on any atom is 0.270 e. The van der Waals surface area contributed by atoms with Gasteiger partial charge in [0.2, 0.25) is 0 Å². The first-order chi connectivity index (χ1) is 13.1. The fraction of sp³-hybridized carbons (Fsp3) is 0.0526. The van der Waals surface area contributed by atoms with Crippen molar-refractivity contribution in [1.29, 1.82) is 0 Å². The van der Waals surface area contributed by atoms with E-state index in [0.29, 0.717) is 23.0 Å². The largest absolute Gasteiger partial charge is 0.307 e. The van der Waals surface area contributed by atoms with Gasteiger partial charge in [-0.2, -0.15) is 5.10 Å². The van der Waals surface area contributed by atoms with E-state index in [1.165, 1.54) is 10.6 Å². The number of carbonyl (C=O) groups is 1. The molecule has 0 radical (unpaired) electrons. The van der Waals surface area contributed by atoms with Crippen LogP contribution < -0.4 is 10.9 Å². The molecule has 27 heavy (non-hydrogen) atoms. The lowest BCUT2D eigenvalue weighted by Gasteiger charge is -2.09. The Bertz CT molecular complexity index is 1180. The van der Waals surface area contributed by atoms with Gasteiger partial charge >= 0.3 is 0 Å². The zero-order valence-electron chi connectivity index (χ0n) is 14.0. The first kappa shape index (κ1) is 17.0. The highest BCUT2D eigenvalue weighted by Gasteiger charge is 2.15. The first-order valence-electron chi connectivity index (χ1n) is 8.16. The number of aromatic nitrogens is 4. The number of fused-ring (bicyclic) bond motifs is 1. The Hall–Kier alpha value is -3.45. The number of benzene rings is 1. The number of hydrogen-bond acceptors (Lipinski definition) is 4. The fourth-order valence-corrected chi connectivity index (χ4v) is 2.82. The second-order valence-electron chi connectivity index (χ2n) is 5.86. The van der Waals surface area contributed by atoms with E-state index in [-0.39, 0.29) is 5.56 Å². The maximum absolute atomic E-state index is 12.6. The molecule has 0 fully saturated rings. The average Bonchev–Trinajstić information content (AvgIpc) is 3.10. The molecule has 1 amide bonds. The number of rotatable bonds is 4. The molecule has 0 unspecified atom stereocenters. The van der Waals surface area contributed by atoms with Gasteiger partial charge in [-0.05, 0) is 29.8 Å². The summed E-state index contributed by atoms with van der Waals surface area (Å²) in [7, 11) is 0. The molecule has 0 saturated heterocycles. The molecule has 0 aliphatic carbocycles. The number of carbonyl (C=O) groups excluding carboxylic acids is 1. The molecule has 1 N–H and O–H groups in total. The van der Waals surface area contributed by atoms with Gasteiger partial charge in [-0.15, -0.1) is 0 Å². The predicted octanol–water partition coefficient (Wildman–Crippen LogP) is 2.85. The van der Waals surface area contributed by atoms with Crippen LogP contribution in [0.5, 0.6) is 0 Å². The Morgan fingerprint density at radius 3 is 2.74 bits per heavy atom. The van der Waals surface area contributed by atoms with Crippen molar-refractivity contribution in [2.45, 2.75) is 6.54 Å². The molecule has 3 heterocycles. The number of nitrogens with one attached hydrogen (secondary N) is 1. The highest BCUT2D eigenvalue weighted by Crippen LogP contribution is 2.14. The molecule has 7 nitrogen and oxygen atoms in total. The summed E-state index contributed by atoms with van der Waals surface area (Å²) >= 11 is 5.90. The van der Waals surface area contributed by atoms with E-state index >= 15 is 0 Å². The molecule has 0 spiro atoms. The van der Waals surface area contributed by atoms with Gasteiger partial charge in [0, 0.05) is 23.5 Å². The van der Waals surface area contributed by atoms with Gasteiger partial charge in [0.1, 0.15) is 17.0 Å². The summed E-state index contributed by atoms with van der Waals surface area (Å²) in [5.41, 5.74) is 0.984. The summed E-state index contributed by atoms with van der Waals surface area (Å²) in [6, 6.07) is 14.2. The van der Waals surface area contributed by atoms with E-state index in [1.54, 1.807) is 53.5 Å². The molecule has 3 aromatic heterocycles. The fourth-order valence-electron chi connectivity index (χ4n) is 2.69. The number of anilines is 1. The van der Waals surface area contributed by atoms with Crippen LogP contribution in [0.1, 0.15) is 15.9 Å². The summed E-state index contributed by atoms with van der Waals surface area (Å²) < 4.78 is 2.97. The third-order valence-electron chi connectivity index (χ3n) is 4.06. The lowest BCUT2D eigenvalue weighted by molar-refractivity contribution is 0.102. The van der Waals surface area contributed by atoms with E-state index in [4.69, 9.17) is 11.6 Å². The normalized spacial score (nSPS) is 10.9. The zero-order valence-corrected chi connectivity index (χ0v) is 14.8. The second-order valence-corrected chi connectivity index (χ2v) is 6.30. The van der Waals surface area contributed by atoms with Crippen molar-refractivity contribution in [3.05, 3.63) is 93.6 Å². The minimum Gasteiger partial charge on any atom is -0.307 e. The standard InChI is InChI=1S/C19H14ClN5O2/c20-14-6-4-13(5-7-14)12-25-17(8-9-22-25)23-18(26)15-11-21-16-3-1-2-10-24(16)19(15)27/h1-11H,12H2,(H,23,26). The van der Waals surface area contributed by atoms with E-state index in [0.717, 1.165) is 5.56 Å². The quantitative estimate of drug-likeness (QED) is 0.591. The smallest absolute Gasteiger partial charge is 0.270 e. The van der Waals surface area contributed by atoms with Crippen LogP contribution in [-0.2, 0) is 6.54 Å². The van der Waals surface area contributed by atoms with Gasteiger partial charge in [0.05, 0.1) is 12.7 Å². The van der Waals surface area contributed by atoms with E-state index in [1.807, 2.05) is 12.1 Å². The molecule has 0 atom stereocenters. The number of nitrogens with zero attached hydrogens (tertiary/aromatic N) is 4. The van der Waals surface area contributed by atoms with Crippen LogP contribution >= 0.6 is 11.6 Å². The minimum absolute atomic E-state index is 0.0436. The Morgan fingerprint density at radius 1 is 1.11 bits per heavy atom. The molecule has 0 bridgehead atoms. The predicted molar refractivity (Wildman–Crippen MR) is 102 cm³/mol. The van der Waals surface area contributed by atoms with Crippen molar-refractivity contribution in [3.63, 3.8) is 0 Å².